The Morgan fingerprint density at radius 1 is 1.32 bits per heavy atom. The van der Waals surface area contributed by atoms with Gasteiger partial charge in [-0.2, -0.15) is 5.10 Å². The number of nitrogens with two attached hydrogens (primary N) is 1. The first-order chi connectivity index (χ1) is 13.7. The SMILES string of the molecule is Cn1cc(C2=C3N=CN(N)C=C3N(Cc3cccc(OCC4CC4)c3)N2)cn1. The quantitative estimate of drug-likeness (QED) is 0.749. The van der Waals surface area contributed by atoms with E-state index < -0.39 is 0 Å². The molecule has 0 unspecified atom stereocenters. The molecule has 0 bridgehead atoms. The van der Waals surface area contributed by atoms with Crippen LogP contribution >= 0.6 is 0 Å². The number of nitrogens with one attached hydrogen (secondary N) is 1. The van der Waals surface area contributed by atoms with E-state index in [0.29, 0.717) is 6.54 Å². The van der Waals surface area contributed by atoms with Gasteiger partial charge in [-0.05, 0) is 36.5 Å². The monoisotopic (exact) mass is 377 g/mol. The normalized spacial score (nSPS) is 18.3. The average molecular weight is 377 g/mol. The van der Waals surface area contributed by atoms with Crippen LogP contribution in [0.25, 0.3) is 5.70 Å². The third-order valence-corrected chi connectivity index (χ3v) is 5.02. The number of fused-ring (bicyclic) bond motifs is 1. The maximum Gasteiger partial charge on any atom is 0.119 e. The van der Waals surface area contributed by atoms with Gasteiger partial charge in [-0.3, -0.25) is 20.1 Å². The molecular weight excluding hydrogens is 354 g/mol. The Labute approximate surface area is 163 Å². The Balaban J connectivity index is 1.38. The van der Waals surface area contributed by atoms with E-state index in [9.17, 15) is 0 Å². The second kappa shape index (κ2) is 6.72. The van der Waals surface area contributed by atoms with Crippen molar-refractivity contribution in [1.29, 1.82) is 0 Å². The van der Waals surface area contributed by atoms with Gasteiger partial charge in [0.05, 0.1) is 25.0 Å². The third kappa shape index (κ3) is 3.34. The van der Waals surface area contributed by atoms with E-state index in [2.05, 4.69) is 27.6 Å². The second-order valence-electron chi connectivity index (χ2n) is 7.43. The summed E-state index contributed by atoms with van der Waals surface area (Å²) in [4.78, 5) is 4.53. The summed E-state index contributed by atoms with van der Waals surface area (Å²) in [5, 5.41) is 7.79. The van der Waals surface area contributed by atoms with Gasteiger partial charge in [0.15, 0.2) is 0 Å². The molecule has 3 N–H and O–H groups in total. The first-order valence-electron chi connectivity index (χ1n) is 9.44. The largest absolute Gasteiger partial charge is 0.493 e. The van der Waals surface area contributed by atoms with E-state index in [4.69, 9.17) is 10.6 Å². The smallest absolute Gasteiger partial charge is 0.119 e. The molecule has 28 heavy (non-hydrogen) atoms. The molecule has 1 fully saturated rings. The number of aliphatic imine (C=N–C) groups is 1. The molecule has 144 valence electrons. The summed E-state index contributed by atoms with van der Waals surface area (Å²) in [6, 6.07) is 8.24. The molecule has 0 spiro atoms. The summed E-state index contributed by atoms with van der Waals surface area (Å²) < 4.78 is 7.70. The standard InChI is InChI=1S/C20H23N7O/c1-25-10-16(8-23-25)19-20-18(11-26(21)13-22-20)27(24-19)9-15-3-2-4-17(7-15)28-12-14-5-6-14/h2-4,7-8,10-11,13-14,24H,5-6,9,12,21H2,1H3. The van der Waals surface area contributed by atoms with Crippen molar-refractivity contribution in [3.05, 3.63) is 65.4 Å². The molecule has 8 nitrogen and oxygen atoms in total. The van der Waals surface area contributed by atoms with Crippen LogP contribution in [0.1, 0.15) is 24.0 Å². The molecule has 8 heteroatoms. The van der Waals surface area contributed by atoms with E-state index >= 15 is 0 Å². The number of hydrogen-bond donors (Lipinski definition) is 2. The van der Waals surface area contributed by atoms with Gasteiger partial charge in [-0.25, -0.2) is 10.8 Å². The van der Waals surface area contributed by atoms with E-state index in [-0.39, 0.29) is 0 Å². The highest BCUT2D eigenvalue weighted by Crippen LogP contribution is 2.34. The fourth-order valence-corrected chi connectivity index (χ4v) is 3.36. The summed E-state index contributed by atoms with van der Waals surface area (Å²) in [7, 11) is 1.90. The van der Waals surface area contributed by atoms with Crippen molar-refractivity contribution >= 4 is 12.0 Å². The predicted octanol–water partition coefficient (Wildman–Crippen LogP) is 1.96. The predicted molar refractivity (Wildman–Crippen MR) is 106 cm³/mol. The van der Waals surface area contributed by atoms with Crippen LogP contribution in [-0.4, -0.2) is 32.7 Å². The third-order valence-electron chi connectivity index (χ3n) is 5.02. The second-order valence-corrected chi connectivity index (χ2v) is 7.43. The van der Waals surface area contributed by atoms with Crippen LogP contribution in [0.15, 0.2) is 59.2 Å². The average Bonchev–Trinajstić information content (AvgIpc) is 3.33. The fourth-order valence-electron chi connectivity index (χ4n) is 3.36. The van der Waals surface area contributed by atoms with Crippen molar-refractivity contribution in [2.75, 3.05) is 6.61 Å². The molecule has 1 aliphatic carbocycles. The number of rotatable bonds is 6. The van der Waals surface area contributed by atoms with Crippen molar-refractivity contribution in [1.82, 2.24) is 25.2 Å². The molecule has 2 aliphatic heterocycles. The summed E-state index contributed by atoms with van der Waals surface area (Å²) in [6.45, 7) is 1.47. The molecular formula is C20H23N7O. The molecule has 0 amide bonds. The zero-order valence-electron chi connectivity index (χ0n) is 15.7. The minimum atomic E-state index is 0.656. The number of benzene rings is 1. The zero-order valence-corrected chi connectivity index (χ0v) is 15.7. The van der Waals surface area contributed by atoms with Gasteiger partial charge in [-0.1, -0.05) is 12.1 Å². The Morgan fingerprint density at radius 2 is 2.21 bits per heavy atom. The van der Waals surface area contributed by atoms with Crippen LogP contribution in [-0.2, 0) is 13.6 Å². The molecule has 3 heterocycles. The number of hydrazine groups is 2. The fraction of sp³-hybridized carbons (Fsp3) is 0.300. The van der Waals surface area contributed by atoms with Crippen molar-refractivity contribution in [3.8, 4) is 5.75 Å². The topological polar surface area (TPSA) is 83.9 Å². The lowest BCUT2D eigenvalue weighted by molar-refractivity contribution is 0.292. The van der Waals surface area contributed by atoms with Crippen molar-refractivity contribution in [2.24, 2.45) is 23.8 Å². The molecule has 1 aromatic carbocycles. The number of aryl methyl sites for hydroxylation is 1. The highest BCUT2D eigenvalue weighted by atomic mass is 16.5. The minimum Gasteiger partial charge on any atom is -0.493 e. The van der Waals surface area contributed by atoms with Crippen LogP contribution in [0, 0.1) is 5.92 Å². The Kier molecular flexibility index (Phi) is 4.05. The van der Waals surface area contributed by atoms with Gasteiger partial charge in [0.1, 0.15) is 23.5 Å². The van der Waals surface area contributed by atoms with Gasteiger partial charge in [0.25, 0.3) is 0 Å². The molecule has 0 atom stereocenters. The first kappa shape index (κ1) is 16.9. The lowest BCUT2D eigenvalue weighted by Gasteiger charge is -2.24. The Morgan fingerprint density at radius 3 is 3.00 bits per heavy atom. The maximum absolute atomic E-state index is 5.93. The summed E-state index contributed by atoms with van der Waals surface area (Å²) in [5.74, 6) is 7.58. The van der Waals surface area contributed by atoms with Gasteiger partial charge >= 0.3 is 0 Å². The number of ether oxygens (including phenoxy) is 1. The minimum absolute atomic E-state index is 0.656. The van der Waals surface area contributed by atoms with Crippen LogP contribution in [0.4, 0.5) is 0 Å². The number of aromatic nitrogens is 2. The summed E-state index contributed by atoms with van der Waals surface area (Å²) >= 11 is 0. The number of hydrogen-bond acceptors (Lipinski definition) is 7. The molecule has 5 rings (SSSR count). The zero-order chi connectivity index (χ0) is 19.1. The molecule has 2 aromatic rings. The summed E-state index contributed by atoms with van der Waals surface area (Å²) in [5.41, 5.74) is 8.30. The lowest BCUT2D eigenvalue weighted by Crippen LogP contribution is -2.33. The highest BCUT2D eigenvalue weighted by molar-refractivity contribution is 5.77. The van der Waals surface area contributed by atoms with Crippen molar-refractivity contribution in [3.63, 3.8) is 0 Å². The van der Waals surface area contributed by atoms with Crippen LogP contribution < -0.4 is 16.0 Å². The lowest BCUT2D eigenvalue weighted by atomic mass is 10.2. The van der Waals surface area contributed by atoms with Crippen LogP contribution in [0.5, 0.6) is 5.75 Å². The van der Waals surface area contributed by atoms with E-state index in [1.54, 1.807) is 11.0 Å². The van der Waals surface area contributed by atoms with Gasteiger partial charge in [-0.15, -0.1) is 0 Å². The molecule has 0 radical (unpaired) electrons. The van der Waals surface area contributed by atoms with E-state index in [1.165, 1.54) is 17.9 Å². The maximum atomic E-state index is 5.93. The van der Waals surface area contributed by atoms with Gasteiger partial charge < -0.3 is 4.74 Å². The molecule has 3 aliphatic rings. The van der Waals surface area contributed by atoms with Gasteiger partial charge in [0.2, 0.25) is 0 Å². The Bertz CT molecular complexity index is 986. The Hall–Kier alpha value is -3.26. The van der Waals surface area contributed by atoms with E-state index in [1.807, 2.05) is 42.8 Å². The number of nitrogens with zero attached hydrogens (tertiary/aromatic N) is 5. The van der Waals surface area contributed by atoms with Gasteiger partial charge in [0, 0.05) is 25.0 Å². The summed E-state index contributed by atoms with van der Waals surface area (Å²) in [6.07, 6.45) is 9.83. The van der Waals surface area contributed by atoms with Crippen LogP contribution in [0.2, 0.25) is 0 Å². The van der Waals surface area contributed by atoms with Crippen LogP contribution in [0.3, 0.4) is 0 Å². The van der Waals surface area contributed by atoms with Crippen molar-refractivity contribution in [2.45, 2.75) is 19.4 Å². The van der Waals surface area contributed by atoms with E-state index in [0.717, 1.165) is 46.5 Å². The molecule has 1 aromatic heterocycles. The van der Waals surface area contributed by atoms with Crippen molar-refractivity contribution < 1.29 is 4.74 Å². The molecule has 1 saturated carbocycles. The molecule has 0 saturated heterocycles. The highest BCUT2D eigenvalue weighted by Gasteiger charge is 2.30. The first-order valence-corrected chi connectivity index (χ1v) is 9.44.